The minimum atomic E-state index is -0.579. The quantitative estimate of drug-likeness (QED) is 0.767. The van der Waals surface area contributed by atoms with Gasteiger partial charge in [-0.1, -0.05) is 44.4 Å². The molecule has 0 heterocycles. The Hall–Kier alpha value is -0.850. The maximum Gasteiger partial charge on any atom is 0.139 e. The molecule has 0 aromatic heterocycles. The van der Waals surface area contributed by atoms with Gasteiger partial charge in [-0.25, -0.2) is 0 Å². The maximum atomic E-state index is 11.8. The minimum Gasteiger partial charge on any atom is -0.392 e. The Morgan fingerprint density at radius 3 is 2.71 bits per heavy atom. The van der Waals surface area contributed by atoms with E-state index >= 15 is 0 Å². The zero-order valence-corrected chi connectivity index (χ0v) is 12.8. The smallest absolute Gasteiger partial charge is 0.139 e. The molecule has 5 atom stereocenters. The van der Waals surface area contributed by atoms with Gasteiger partial charge in [-0.3, -0.25) is 4.79 Å². The number of aliphatic hydroxyl groups is 2. The van der Waals surface area contributed by atoms with Crippen molar-refractivity contribution in [3.8, 4) is 11.8 Å². The van der Waals surface area contributed by atoms with Crippen LogP contribution in [0.25, 0.3) is 0 Å². The summed E-state index contributed by atoms with van der Waals surface area (Å²) in [5, 5.41) is 20.3. The fraction of sp³-hybridized carbons (Fsp3) is 0.833. The number of Topliss-reactive ketones (excluding diaryl/α,β-unsaturated/α-hetero) is 1. The van der Waals surface area contributed by atoms with E-state index in [9.17, 15) is 15.0 Å². The van der Waals surface area contributed by atoms with Gasteiger partial charge in [0.25, 0.3) is 0 Å². The summed E-state index contributed by atoms with van der Waals surface area (Å²) in [7, 11) is 0. The fourth-order valence-corrected chi connectivity index (χ4v) is 4.49. The highest BCUT2D eigenvalue weighted by molar-refractivity contribution is 5.91. The Kier molecular flexibility index (Phi) is 4.12. The van der Waals surface area contributed by atoms with Crippen molar-refractivity contribution in [2.24, 2.45) is 23.2 Å². The molecule has 0 aromatic carbocycles. The molecule has 0 unspecified atom stereocenters. The van der Waals surface area contributed by atoms with E-state index in [1.807, 2.05) is 6.92 Å². The SMILES string of the molecule is C[C@@]12CC[C@H](O)[C@@H](C#C[C@@H](O)CC3CCCC3)[C@@H]1CC2=O. The first-order chi connectivity index (χ1) is 10.0. The van der Waals surface area contributed by atoms with Gasteiger partial charge in [0.15, 0.2) is 0 Å². The molecule has 0 saturated heterocycles. The molecule has 116 valence electrons. The second-order valence-corrected chi connectivity index (χ2v) is 7.47. The van der Waals surface area contributed by atoms with Crippen LogP contribution in [-0.4, -0.2) is 28.2 Å². The molecule has 0 aromatic rings. The van der Waals surface area contributed by atoms with Crippen molar-refractivity contribution < 1.29 is 15.0 Å². The van der Waals surface area contributed by atoms with Gasteiger partial charge in [0.2, 0.25) is 0 Å². The largest absolute Gasteiger partial charge is 0.392 e. The van der Waals surface area contributed by atoms with Crippen LogP contribution in [0.5, 0.6) is 0 Å². The van der Waals surface area contributed by atoms with Gasteiger partial charge in [-0.15, -0.1) is 0 Å². The van der Waals surface area contributed by atoms with Crippen LogP contribution in [0.3, 0.4) is 0 Å². The average molecular weight is 290 g/mol. The fourth-order valence-electron chi connectivity index (χ4n) is 4.49. The standard InChI is InChI=1S/C18H26O3/c1-18-9-8-16(20)14(15(18)11-17(18)21)7-6-13(19)10-12-4-2-3-5-12/h12-16,19-20H,2-5,8-11H2,1H3/t13-,14+,15+,16+,18-/m1/s1. The van der Waals surface area contributed by atoms with E-state index < -0.39 is 12.2 Å². The van der Waals surface area contributed by atoms with E-state index in [1.54, 1.807) is 0 Å². The molecule has 0 aliphatic heterocycles. The highest BCUT2D eigenvalue weighted by atomic mass is 16.3. The second-order valence-electron chi connectivity index (χ2n) is 7.47. The van der Waals surface area contributed by atoms with Gasteiger partial charge in [-0.2, -0.15) is 0 Å². The zero-order valence-electron chi connectivity index (χ0n) is 12.8. The van der Waals surface area contributed by atoms with Crippen LogP contribution >= 0.6 is 0 Å². The van der Waals surface area contributed by atoms with E-state index in [0.29, 0.717) is 24.5 Å². The number of carbonyl (C=O) groups is 1. The lowest BCUT2D eigenvalue weighted by Crippen LogP contribution is -2.56. The van der Waals surface area contributed by atoms with Crippen LogP contribution in [0.4, 0.5) is 0 Å². The Bertz CT molecular complexity index is 469. The zero-order chi connectivity index (χ0) is 15.0. The van der Waals surface area contributed by atoms with Crippen molar-refractivity contribution in [1.82, 2.24) is 0 Å². The lowest BCUT2D eigenvalue weighted by atomic mass is 9.50. The summed E-state index contributed by atoms with van der Waals surface area (Å²) in [6.07, 6.45) is 6.68. The molecule has 3 aliphatic rings. The normalized spacial score (nSPS) is 40.9. The summed E-state index contributed by atoms with van der Waals surface area (Å²) in [6.45, 7) is 2.01. The molecule has 0 radical (unpaired) electrons. The number of rotatable bonds is 2. The van der Waals surface area contributed by atoms with Crippen molar-refractivity contribution in [1.29, 1.82) is 0 Å². The molecule has 3 rings (SSSR count). The molecule has 0 spiro atoms. The molecule has 0 amide bonds. The molecule has 3 aliphatic carbocycles. The summed E-state index contributed by atoms with van der Waals surface area (Å²) in [5.41, 5.74) is -0.269. The van der Waals surface area contributed by atoms with E-state index in [1.165, 1.54) is 25.7 Å². The number of aliphatic hydroxyl groups excluding tert-OH is 2. The van der Waals surface area contributed by atoms with Crippen LogP contribution in [0, 0.1) is 35.0 Å². The van der Waals surface area contributed by atoms with Crippen LogP contribution in [0.1, 0.15) is 58.3 Å². The maximum absolute atomic E-state index is 11.8. The number of hydrogen-bond donors (Lipinski definition) is 2. The Morgan fingerprint density at radius 1 is 1.33 bits per heavy atom. The average Bonchev–Trinajstić information content (AvgIpc) is 2.95. The van der Waals surface area contributed by atoms with E-state index in [0.717, 1.165) is 12.8 Å². The van der Waals surface area contributed by atoms with Crippen LogP contribution < -0.4 is 0 Å². The van der Waals surface area contributed by atoms with Crippen molar-refractivity contribution >= 4 is 5.78 Å². The highest BCUT2D eigenvalue weighted by Gasteiger charge is 2.57. The van der Waals surface area contributed by atoms with E-state index in [4.69, 9.17) is 0 Å². The molecule has 3 saturated carbocycles. The van der Waals surface area contributed by atoms with Crippen LogP contribution in [0.2, 0.25) is 0 Å². The summed E-state index contributed by atoms with van der Waals surface area (Å²) >= 11 is 0. The number of carbonyl (C=O) groups excluding carboxylic acids is 1. The molecule has 0 bridgehead atoms. The van der Waals surface area contributed by atoms with Crippen molar-refractivity contribution in [3.63, 3.8) is 0 Å². The monoisotopic (exact) mass is 290 g/mol. The Morgan fingerprint density at radius 2 is 2.05 bits per heavy atom. The van der Waals surface area contributed by atoms with Gasteiger partial charge < -0.3 is 10.2 Å². The van der Waals surface area contributed by atoms with E-state index in [2.05, 4.69) is 11.8 Å². The second kappa shape index (κ2) is 5.74. The first kappa shape index (κ1) is 15.1. The topological polar surface area (TPSA) is 57.5 Å². The van der Waals surface area contributed by atoms with E-state index in [-0.39, 0.29) is 17.3 Å². The van der Waals surface area contributed by atoms with Gasteiger partial charge in [0, 0.05) is 11.8 Å². The Labute approximate surface area is 127 Å². The molecular weight excluding hydrogens is 264 g/mol. The number of hydrogen-bond acceptors (Lipinski definition) is 3. The number of ketones is 1. The van der Waals surface area contributed by atoms with Gasteiger partial charge in [0.05, 0.1) is 12.0 Å². The minimum absolute atomic E-state index is 0.139. The van der Waals surface area contributed by atoms with Gasteiger partial charge in [-0.05, 0) is 31.1 Å². The molecule has 3 nitrogen and oxygen atoms in total. The molecule has 3 heteroatoms. The molecular formula is C18H26O3. The highest BCUT2D eigenvalue weighted by Crippen LogP contribution is 2.54. The first-order valence-electron chi connectivity index (χ1n) is 8.41. The van der Waals surface area contributed by atoms with Crippen LogP contribution in [-0.2, 0) is 4.79 Å². The third-order valence-electron chi connectivity index (χ3n) is 6.12. The third-order valence-corrected chi connectivity index (χ3v) is 6.12. The first-order valence-corrected chi connectivity index (χ1v) is 8.41. The number of fused-ring (bicyclic) bond motifs is 1. The molecule has 2 N–H and O–H groups in total. The molecule has 3 fully saturated rings. The predicted molar refractivity (Wildman–Crippen MR) is 80.3 cm³/mol. The van der Waals surface area contributed by atoms with Gasteiger partial charge >= 0.3 is 0 Å². The summed E-state index contributed by atoms with van der Waals surface area (Å²) in [5.74, 6) is 7.05. The van der Waals surface area contributed by atoms with Gasteiger partial charge in [0.1, 0.15) is 11.9 Å². The summed E-state index contributed by atoms with van der Waals surface area (Å²) < 4.78 is 0. The van der Waals surface area contributed by atoms with Crippen molar-refractivity contribution in [2.45, 2.75) is 70.5 Å². The molecule has 21 heavy (non-hydrogen) atoms. The van der Waals surface area contributed by atoms with Crippen molar-refractivity contribution in [3.05, 3.63) is 0 Å². The third kappa shape index (κ3) is 2.76. The lowest BCUT2D eigenvalue weighted by Gasteiger charge is -2.52. The summed E-state index contributed by atoms with van der Waals surface area (Å²) in [4.78, 5) is 11.8. The lowest BCUT2D eigenvalue weighted by molar-refractivity contribution is -0.156. The predicted octanol–water partition coefficient (Wildman–Crippen LogP) is 2.30. The van der Waals surface area contributed by atoms with Crippen molar-refractivity contribution in [2.75, 3.05) is 0 Å². The van der Waals surface area contributed by atoms with Crippen LogP contribution in [0.15, 0.2) is 0 Å². The summed E-state index contributed by atoms with van der Waals surface area (Å²) in [6, 6.07) is 0. The Balaban J connectivity index is 1.63.